The molecule has 0 saturated carbocycles. The zero-order valence-electron chi connectivity index (χ0n) is 15.4. The quantitative estimate of drug-likeness (QED) is 0.617. The van der Waals surface area contributed by atoms with Gasteiger partial charge < -0.3 is 0 Å². The molecule has 0 bridgehead atoms. The Kier molecular flexibility index (Phi) is 5.18. The SMILES string of the molecule is CC(C)(C#N)c1cc(Cn2cncn2)cc(-c2ccc(NS(=O)(=O)O)cc2)c1. The Labute approximate surface area is 163 Å². The molecule has 0 aliphatic rings. The van der Waals surface area contributed by atoms with Crippen LogP contribution in [0.3, 0.4) is 0 Å². The average molecular weight is 397 g/mol. The summed E-state index contributed by atoms with van der Waals surface area (Å²) in [7, 11) is -4.32. The number of rotatable bonds is 6. The van der Waals surface area contributed by atoms with Crippen molar-refractivity contribution in [2.24, 2.45) is 0 Å². The lowest BCUT2D eigenvalue weighted by atomic mass is 9.83. The Morgan fingerprint density at radius 1 is 1.18 bits per heavy atom. The van der Waals surface area contributed by atoms with Gasteiger partial charge in [0.15, 0.2) is 0 Å². The Morgan fingerprint density at radius 2 is 1.89 bits per heavy atom. The molecule has 144 valence electrons. The largest absolute Gasteiger partial charge is 0.357 e. The smallest absolute Gasteiger partial charge is 0.269 e. The monoisotopic (exact) mass is 397 g/mol. The second-order valence-electron chi connectivity index (χ2n) is 6.90. The molecular weight excluding hydrogens is 378 g/mol. The standard InChI is InChI=1S/C19H19N5O3S/c1-19(2,11-20)17-8-14(10-24-13-21-12-22-24)7-16(9-17)15-3-5-18(6-4-15)23-28(25,26)27/h3-9,12-13,23H,10H2,1-2H3,(H,25,26,27). The maximum atomic E-state index is 10.9. The molecule has 3 aromatic rings. The first-order valence-corrected chi connectivity index (χ1v) is 9.84. The Morgan fingerprint density at radius 3 is 2.46 bits per heavy atom. The van der Waals surface area contributed by atoms with Crippen LogP contribution in [0.4, 0.5) is 5.69 Å². The van der Waals surface area contributed by atoms with Gasteiger partial charge in [0.25, 0.3) is 0 Å². The predicted octanol–water partition coefficient (Wildman–Crippen LogP) is 3.01. The van der Waals surface area contributed by atoms with Crippen LogP contribution < -0.4 is 4.72 Å². The molecule has 2 N–H and O–H groups in total. The van der Waals surface area contributed by atoms with E-state index in [-0.39, 0.29) is 5.69 Å². The summed E-state index contributed by atoms with van der Waals surface area (Å²) in [5.41, 5.74) is 3.12. The number of nitriles is 1. The number of hydrogen-bond acceptors (Lipinski definition) is 5. The van der Waals surface area contributed by atoms with Crippen molar-refractivity contribution in [3.8, 4) is 17.2 Å². The van der Waals surface area contributed by atoms with E-state index in [0.717, 1.165) is 22.3 Å². The van der Waals surface area contributed by atoms with E-state index >= 15 is 0 Å². The normalized spacial score (nSPS) is 11.8. The Hall–Kier alpha value is -3.22. The molecule has 2 aromatic carbocycles. The van der Waals surface area contributed by atoms with Crippen molar-refractivity contribution in [1.29, 1.82) is 5.26 Å². The molecule has 0 amide bonds. The number of nitrogens with zero attached hydrogens (tertiary/aromatic N) is 4. The summed E-state index contributed by atoms with van der Waals surface area (Å²) in [6.07, 6.45) is 3.09. The Balaban J connectivity index is 2.01. The fraction of sp³-hybridized carbons (Fsp3) is 0.211. The van der Waals surface area contributed by atoms with E-state index in [4.69, 9.17) is 4.55 Å². The highest BCUT2D eigenvalue weighted by molar-refractivity contribution is 7.87. The van der Waals surface area contributed by atoms with Gasteiger partial charge in [-0.25, -0.2) is 9.67 Å². The van der Waals surface area contributed by atoms with E-state index in [2.05, 4.69) is 16.2 Å². The fourth-order valence-electron chi connectivity index (χ4n) is 2.76. The average Bonchev–Trinajstić information content (AvgIpc) is 3.13. The fourth-order valence-corrected chi connectivity index (χ4v) is 3.19. The molecule has 0 saturated heterocycles. The zero-order valence-corrected chi connectivity index (χ0v) is 16.2. The number of aromatic nitrogens is 3. The van der Waals surface area contributed by atoms with Crippen LogP contribution in [-0.2, 0) is 22.3 Å². The van der Waals surface area contributed by atoms with Crippen molar-refractivity contribution < 1.29 is 13.0 Å². The van der Waals surface area contributed by atoms with Crippen molar-refractivity contribution in [2.75, 3.05) is 4.72 Å². The maximum Gasteiger partial charge on any atom is 0.357 e. The molecule has 28 heavy (non-hydrogen) atoms. The predicted molar refractivity (Wildman–Crippen MR) is 105 cm³/mol. The zero-order chi connectivity index (χ0) is 20.4. The van der Waals surface area contributed by atoms with Gasteiger partial charge >= 0.3 is 10.3 Å². The van der Waals surface area contributed by atoms with Crippen molar-refractivity contribution >= 4 is 16.0 Å². The summed E-state index contributed by atoms with van der Waals surface area (Å²) >= 11 is 0. The van der Waals surface area contributed by atoms with Crippen molar-refractivity contribution in [3.63, 3.8) is 0 Å². The minimum absolute atomic E-state index is 0.252. The highest BCUT2D eigenvalue weighted by Gasteiger charge is 2.21. The van der Waals surface area contributed by atoms with Gasteiger partial charge in [0.05, 0.1) is 23.7 Å². The van der Waals surface area contributed by atoms with E-state index in [1.807, 2.05) is 36.8 Å². The topological polar surface area (TPSA) is 121 Å². The van der Waals surface area contributed by atoms with Gasteiger partial charge in [0.1, 0.15) is 12.7 Å². The minimum atomic E-state index is -4.32. The van der Waals surface area contributed by atoms with Crippen molar-refractivity contribution in [1.82, 2.24) is 14.8 Å². The molecule has 3 rings (SSSR count). The molecule has 8 nitrogen and oxygen atoms in total. The third-order valence-corrected chi connectivity index (χ3v) is 4.76. The van der Waals surface area contributed by atoms with E-state index in [1.165, 1.54) is 6.33 Å². The first-order valence-electron chi connectivity index (χ1n) is 8.40. The summed E-state index contributed by atoms with van der Waals surface area (Å²) < 4.78 is 34.5. The summed E-state index contributed by atoms with van der Waals surface area (Å²) in [4.78, 5) is 3.95. The van der Waals surface area contributed by atoms with Crippen LogP contribution >= 0.6 is 0 Å². The van der Waals surface area contributed by atoms with Crippen LogP contribution in [0.15, 0.2) is 55.1 Å². The lowest BCUT2D eigenvalue weighted by Gasteiger charge is -2.19. The summed E-state index contributed by atoms with van der Waals surface area (Å²) in [5.74, 6) is 0. The molecule has 0 atom stereocenters. The number of anilines is 1. The van der Waals surface area contributed by atoms with Crippen LogP contribution in [0.1, 0.15) is 25.0 Å². The first-order chi connectivity index (χ1) is 13.2. The first kappa shape index (κ1) is 19.5. The van der Waals surface area contributed by atoms with Gasteiger partial charge in [0.2, 0.25) is 0 Å². The van der Waals surface area contributed by atoms with Crippen molar-refractivity contribution in [3.05, 3.63) is 66.2 Å². The summed E-state index contributed by atoms with van der Waals surface area (Å²) in [6, 6.07) is 14.8. The van der Waals surface area contributed by atoms with Gasteiger partial charge in [-0.15, -0.1) is 0 Å². The van der Waals surface area contributed by atoms with E-state index < -0.39 is 15.7 Å². The van der Waals surface area contributed by atoms with E-state index in [1.54, 1.807) is 35.3 Å². The van der Waals surface area contributed by atoms with Crippen LogP contribution in [0, 0.1) is 11.3 Å². The molecule has 1 heterocycles. The molecule has 0 fully saturated rings. The van der Waals surface area contributed by atoms with Gasteiger partial charge in [-0.1, -0.05) is 18.2 Å². The lowest BCUT2D eigenvalue weighted by Crippen LogP contribution is -2.15. The number of benzene rings is 2. The summed E-state index contributed by atoms with van der Waals surface area (Å²) in [5, 5.41) is 13.7. The number of hydrogen-bond donors (Lipinski definition) is 2. The molecule has 0 radical (unpaired) electrons. The van der Waals surface area contributed by atoms with Gasteiger partial charge in [-0.05, 0) is 60.4 Å². The van der Waals surface area contributed by atoms with Crippen LogP contribution in [-0.4, -0.2) is 27.7 Å². The highest BCUT2D eigenvalue weighted by Crippen LogP contribution is 2.30. The van der Waals surface area contributed by atoms with Crippen molar-refractivity contribution in [2.45, 2.75) is 25.8 Å². The third kappa shape index (κ3) is 4.73. The number of nitrogens with one attached hydrogen (secondary N) is 1. The molecule has 1 aromatic heterocycles. The molecule has 0 aliphatic carbocycles. The van der Waals surface area contributed by atoms with Crippen LogP contribution in [0.2, 0.25) is 0 Å². The van der Waals surface area contributed by atoms with E-state index in [0.29, 0.717) is 6.54 Å². The lowest BCUT2D eigenvalue weighted by molar-refractivity contribution is 0.489. The third-order valence-electron chi connectivity index (χ3n) is 4.27. The molecule has 0 unspecified atom stereocenters. The maximum absolute atomic E-state index is 10.9. The van der Waals surface area contributed by atoms with Gasteiger partial charge in [0, 0.05) is 0 Å². The van der Waals surface area contributed by atoms with Gasteiger partial charge in [-0.3, -0.25) is 9.27 Å². The molecule has 9 heteroatoms. The van der Waals surface area contributed by atoms with Gasteiger partial charge in [-0.2, -0.15) is 18.8 Å². The molecule has 0 aliphatic heterocycles. The second kappa shape index (κ2) is 7.42. The van der Waals surface area contributed by atoms with E-state index in [9.17, 15) is 13.7 Å². The second-order valence-corrected chi connectivity index (χ2v) is 8.06. The minimum Gasteiger partial charge on any atom is -0.269 e. The Bertz CT molecular complexity index is 1120. The van der Waals surface area contributed by atoms with Crippen LogP contribution in [0.25, 0.3) is 11.1 Å². The highest BCUT2D eigenvalue weighted by atomic mass is 32.2. The van der Waals surface area contributed by atoms with Crippen LogP contribution in [0.5, 0.6) is 0 Å². The molecular formula is C19H19N5O3S. The summed E-state index contributed by atoms with van der Waals surface area (Å²) in [6.45, 7) is 4.21. The molecule has 0 spiro atoms.